The summed E-state index contributed by atoms with van der Waals surface area (Å²) in [6.07, 6.45) is 2.72. The molecule has 1 unspecified atom stereocenters. The fourth-order valence-electron chi connectivity index (χ4n) is 1.97. The molecule has 0 aliphatic heterocycles. The third-order valence-electron chi connectivity index (χ3n) is 3.25. The van der Waals surface area contributed by atoms with Crippen molar-refractivity contribution >= 4 is 22.9 Å². The number of nitrogens with two attached hydrogens (primary N) is 1. The predicted molar refractivity (Wildman–Crippen MR) is 80.2 cm³/mol. The Balaban J connectivity index is 1.86. The second-order valence-electron chi connectivity index (χ2n) is 4.96. The zero-order valence-corrected chi connectivity index (χ0v) is 12.3. The van der Waals surface area contributed by atoms with Gasteiger partial charge in [-0.05, 0) is 48.4 Å². The van der Waals surface area contributed by atoms with Gasteiger partial charge in [-0.3, -0.25) is 0 Å². The van der Waals surface area contributed by atoms with E-state index in [0.717, 1.165) is 39.6 Å². The van der Waals surface area contributed by atoms with Crippen molar-refractivity contribution in [1.29, 1.82) is 0 Å². The van der Waals surface area contributed by atoms with Gasteiger partial charge < -0.3 is 10.5 Å². The second-order valence-corrected chi connectivity index (χ2v) is 6.25. The predicted octanol–water partition coefficient (Wildman–Crippen LogP) is 4.30. The van der Waals surface area contributed by atoms with Crippen molar-refractivity contribution in [3.63, 3.8) is 0 Å². The molecule has 1 saturated carbocycles. The van der Waals surface area contributed by atoms with Crippen LogP contribution in [0.25, 0.3) is 0 Å². The summed E-state index contributed by atoms with van der Waals surface area (Å²) in [5.74, 6) is 0.903. The van der Waals surface area contributed by atoms with Crippen LogP contribution in [0.15, 0.2) is 29.6 Å². The smallest absolute Gasteiger partial charge is 0.120 e. The van der Waals surface area contributed by atoms with E-state index in [1.807, 2.05) is 36.6 Å². The third kappa shape index (κ3) is 2.78. The van der Waals surface area contributed by atoms with Crippen molar-refractivity contribution < 1.29 is 4.74 Å². The Labute approximate surface area is 122 Å². The van der Waals surface area contributed by atoms with Gasteiger partial charge in [0, 0.05) is 4.88 Å². The zero-order chi connectivity index (χ0) is 13.4. The van der Waals surface area contributed by atoms with E-state index < -0.39 is 0 Å². The van der Waals surface area contributed by atoms with E-state index >= 15 is 0 Å². The maximum atomic E-state index is 6.32. The minimum Gasteiger partial charge on any atom is -0.490 e. The van der Waals surface area contributed by atoms with E-state index in [-0.39, 0.29) is 6.04 Å². The molecule has 4 heteroatoms. The summed E-state index contributed by atoms with van der Waals surface area (Å²) in [4.78, 5) is 1.02. The Hall–Kier alpha value is -1.03. The molecule has 0 saturated heterocycles. The van der Waals surface area contributed by atoms with Crippen molar-refractivity contribution in [3.8, 4) is 5.75 Å². The van der Waals surface area contributed by atoms with Crippen LogP contribution in [0.2, 0.25) is 5.02 Å². The number of benzene rings is 1. The lowest BCUT2D eigenvalue weighted by molar-refractivity contribution is 0.303. The first-order valence-corrected chi connectivity index (χ1v) is 7.66. The molecule has 1 aliphatic carbocycles. The third-order valence-corrected chi connectivity index (χ3v) is 5.05. The average Bonchev–Trinajstić information content (AvgIpc) is 3.16. The van der Waals surface area contributed by atoms with Crippen LogP contribution < -0.4 is 10.5 Å². The molecular weight excluding hydrogens is 278 g/mol. The number of ether oxygens (including phenoxy) is 1. The Morgan fingerprint density at radius 1 is 1.42 bits per heavy atom. The maximum absolute atomic E-state index is 6.32. The Bertz CT molecular complexity index is 592. The lowest BCUT2D eigenvalue weighted by Gasteiger charge is -2.13. The Morgan fingerprint density at radius 2 is 2.21 bits per heavy atom. The summed E-state index contributed by atoms with van der Waals surface area (Å²) < 4.78 is 5.80. The minimum atomic E-state index is -0.186. The number of hydrogen-bond donors (Lipinski definition) is 1. The summed E-state index contributed by atoms with van der Waals surface area (Å²) >= 11 is 7.90. The molecule has 3 rings (SSSR count). The van der Waals surface area contributed by atoms with Crippen LogP contribution in [-0.4, -0.2) is 6.10 Å². The summed E-state index contributed by atoms with van der Waals surface area (Å²) in [7, 11) is 0. The summed E-state index contributed by atoms with van der Waals surface area (Å²) in [6.45, 7) is 2.00. The van der Waals surface area contributed by atoms with Gasteiger partial charge in [-0.25, -0.2) is 0 Å². The van der Waals surface area contributed by atoms with Gasteiger partial charge in [0.25, 0.3) is 0 Å². The number of aryl methyl sites for hydroxylation is 1. The van der Waals surface area contributed by atoms with Gasteiger partial charge in [0.2, 0.25) is 0 Å². The van der Waals surface area contributed by atoms with Crippen LogP contribution in [0, 0.1) is 6.92 Å². The first kappa shape index (κ1) is 13.0. The molecule has 0 bridgehead atoms. The fourth-order valence-corrected chi connectivity index (χ4v) is 3.31. The van der Waals surface area contributed by atoms with Crippen LogP contribution in [-0.2, 0) is 0 Å². The first-order chi connectivity index (χ1) is 9.15. The van der Waals surface area contributed by atoms with Gasteiger partial charge in [0.05, 0.1) is 17.2 Å². The van der Waals surface area contributed by atoms with Crippen molar-refractivity contribution in [2.75, 3.05) is 0 Å². The van der Waals surface area contributed by atoms with Gasteiger partial charge in [0.15, 0.2) is 0 Å². The van der Waals surface area contributed by atoms with Crippen molar-refractivity contribution in [2.24, 2.45) is 5.73 Å². The van der Waals surface area contributed by atoms with Crippen LogP contribution in [0.3, 0.4) is 0 Å². The molecule has 0 amide bonds. The monoisotopic (exact) mass is 293 g/mol. The van der Waals surface area contributed by atoms with Crippen molar-refractivity contribution in [3.05, 3.63) is 50.7 Å². The van der Waals surface area contributed by atoms with E-state index in [2.05, 4.69) is 0 Å². The van der Waals surface area contributed by atoms with E-state index in [4.69, 9.17) is 22.1 Å². The van der Waals surface area contributed by atoms with E-state index in [0.29, 0.717) is 6.10 Å². The van der Waals surface area contributed by atoms with Gasteiger partial charge in [-0.15, -0.1) is 11.3 Å². The van der Waals surface area contributed by atoms with Gasteiger partial charge in [-0.1, -0.05) is 23.7 Å². The molecule has 1 aromatic heterocycles. The second kappa shape index (κ2) is 5.16. The highest BCUT2D eigenvalue weighted by Crippen LogP contribution is 2.35. The normalized spacial score (nSPS) is 16.4. The van der Waals surface area contributed by atoms with E-state index in [1.54, 1.807) is 11.3 Å². The molecule has 1 heterocycles. The maximum Gasteiger partial charge on any atom is 0.120 e. The molecule has 1 aromatic carbocycles. The van der Waals surface area contributed by atoms with Crippen LogP contribution in [0.1, 0.15) is 34.9 Å². The standard InChI is InChI=1S/C15H16ClNOS/c1-9-8-19-15(13(9)16)14(17)10-3-2-4-12(7-10)18-11-5-6-11/h2-4,7-8,11,14H,5-6,17H2,1H3. The van der Waals surface area contributed by atoms with Crippen molar-refractivity contribution in [2.45, 2.75) is 31.9 Å². The van der Waals surface area contributed by atoms with Crippen molar-refractivity contribution in [1.82, 2.24) is 0 Å². The Morgan fingerprint density at radius 3 is 2.84 bits per heavy atom. The number of rotatable bonds is 4. The molecular formula is C15H16ClNOS. The molecule has 1 atom stereocenters. The van der Waals surface area contributed by atoms with E-state index in [9.17, 15) is 0 Å². The highest BCUT2D eigenvalue weighted by atomic mass is 35.5. The molecule has 1 aliphatic rings. The molecule has 19 heavy (non-hydrogen) atoms. The molecule has 100 valence electrons. The van der Waals surface area contributed by atoms with E-state index in [1.165, 1.54) is 0 Å². The number of hydrogen-bond acceptors (Lipinski definition) is 3. The molecule has 0 spiro atoms. The zero-order valence-electron chi connectivity index (χ0n) is 10.7. The minimum absolute atomic E-state index is 0.186. The number of halogens is 1. The quantitative estimate of drug-likeness (QED) is 0.912. The molecule has 2 aromatic rings. The van der Waals surface area contributed by atoms with Gasteiger partial charge in [-0.2, -0.15) is 0 Å². The SMILES string of the molecule is Cc1csc(C(N)c2cccc(OC3CC3)c2)c1Cl. The molecule has 2 nitrogen and oxygen atoms in total. The largest absolute Gasteiger partial charge is 0.490 e. The molecule has 1 fully saturated rings. The highest BCUT2D eigenvalue weighted by Gasteiger charge is 2.24. The molecule has 2 N–H and O–H groups in total. The fraction of sp³-hybridized carbons (Fsp3) is 0.333. The van der Waals surface area contributed by atoms with Gasteiger partial charge >= 0.3 is 0 Å². The van der Waals surface area contributed by atoms with Crippen LogP contribution in [0.4, 0.5) is 0 Å². The molecule has 0 radical (unpaired) electrons. The topological polar surface area (TPSA) is 35.2 Å². The summed E-state index contributed by atoms with van der Waals surface area (Å²) in [5.41, 5.74) is 8.45. The Kier molecular flexibility index (Phi) is 3.52. The summed E-state index contributed by atoms with van der Waals surface area (Å²) in [5, 5.41) is 2.83. The number of thiophene rings is 1. The highest BCUT2D eigenvalue weighted by molar-refractivity contribution is 7.10. The lowest BCUT2D eigenvalue weighted by Crippen LogP contribution is -2.11. The average molecular weight is 294 g/mol. The summed E-state index contributed by atoms with van der Waals surface area (Å²) in [6, 6.07) is 7.83. The lowest BCUT2D eigenvalue weighted by atomic mass is 10.1. The van der Waals surface area contributed by atoms with Crippen LogP contribution in [0.5, 0.6) is 5.75 Å². The first-order valence-electron chi connectivity index (χ1n) is 6.41. The van der Waals surface area contributed by atoms with Gasteiger partial charge in [0.1, 0.15) is 5.75 Å². The van der Waals surface area contributed by atoms with Crippen LogP contribution >= 0.6 is 22.9 Å².